The molecule has 0 saturated heterocycles. The average molecular weight is 166 g/mol. The molecule has 2 unspecified atom stereocenters. The Balaban J connectivity index is 2.48. The van der Waals surface area contributed by atoms with Gasteiger partial charge in [0.25, 0.3) is 0 Å². The van der Waals surface area contributed by atoms with Gasteiger partial charge in [-0.1, -0.05) is 13.8 Å². The first kappa shape index (κ1) is 7.84. The fourth-order valence-corrected chi connectivity index (χ4v) is 2.63. The zero-order chi connectivity index (χ0) is 9.09. The van der Waals surface area contributed by atoms with E-state index in [1.165, 1.54) is 0 Å². The third kappa shape index (κ3) is 0.637. The van der Waals surface area contributed by atoms with Gasteiger partial charge in [0.1, 0.15) is 0 Å². The van der Waals surface area contributed by atoms with Crippen molar-refractivity contribution >= 4 is 5.78 Å². The first-order valence-corrected chi connectivity index (χ1v) is 4.40. The van der Waals surface area contributed by atoms with Gasteiger partial charge in [0.15, 0.2) is 5.76 Å². The topological polar surface area (TPSA) is 37.3 Å². The molecular weight excluding hydrogens is 152 g/mol. The van der Waals surface area contributed by atoms with Crippen LogP contribution in [-0.4, -0.2) is 10.9 Å². The second-order valence-electron chi connectivity index (χ2n) is 4.56. The van der Waals surface area contributed by atoms with Crippen LogP contribution in [-0.2, 0) is 4.79 Å². The third-order valence-corrected chi connectivity index (χ3v) is 3.71. The quantitative estimate of drug-likeness (QED) is 0.598. The molecule has 1 N–H and O–H groups in total. The van der Waals surface area contributed by atoms with Gasteiger partial charge in [0.2, 0.25) is 5.78 Å². The molecule has 0 amide bonds. The number of hydrogen-bond donors (Lipinski definition) is 1. The van der Waals surface area contributed by atoms with Crippen LogP contribution in [0, 0.1) is 17.3 Å². The predicted octanol–water partition coefficient (Wildman–Crippen LogP) is 2.06. The number of rotatable bonds is 0. The molecule has 0 spiro atoms. The van der Waals surface area contributed by atoms with Crippen LogP contribution in [0.2, 0.25) is 0 Å². The lowest BCUT2D eigenvalue weighted by Crippen LogP contribution is -2.53. The van der Waals surface area contributed by atoms with E-state index in [0.717, 1.165) is 12.0 Å². The van der Waals surface area contributed by atoms with Crippen molar-refractivity contribution in [2.24, 2.45) is 17.3 Å². The summed E-state index contributed by atoms with van der Waals surface area (Å²) in [6, 6.07) is 0. The smallest absolute Gasteiger partial charge is 0.200 e. The summed E-state index contributed by atoms with van der Waals surface area (Å²) in [6.45, 7) is 6.09. The fourth-order valence-electron chi connectivity index (χ4n) is 2.63. The first-order chi connectivity index (χ1) is 5.46. The summed E-state index contributed by atoms with van der Waals surface area (Å²) < 4.78 is 0. The molecule has 2 nitrogen and oxygen atoms in total. The zero-order valence-electron chi connectivity index (χ0n) is 7.72. The molecule has 12 heavy (non-hydrogen) atoms. The maximum atomic E-state index is 11.5. The molecule has 0 aliphatic heterocycles. The van der Waals surface area contributed by atoms with E-state index < -0.39 is 0 Å². The number of aliphatic hydroxyl groups is 1. The highest BCUT2D eigenvalue weighted by atomic mass is 16.3. The lowest BCUT2D eigenvalue weighted by atomic mass is 9.48. The number of allylic oxidation sites excluding steroid dienone is 2. The third-order valence-electron chi connectivity index (χ3n) is 3.71. The summed E-state index contributed by atoms with van der Waals surface area (Å²) in [5, 5.41) is 9.41. The minimum Gasteiger partial charge on any atom is -0.504 e. The molecule has 3 rings (SSSR count). The van der Waals surface area contributed by atoms with Gasteiger partial charge in [0.05, 0.1) is 0 Å². The molecule has 0 heterocycles. The van der Waals surface area contributed by atoms with Crippen molar-refractivity contribution in [1.82, 2.24) is 0 Å². The molecule has 2 heteroatoms. The lowest BCUT2D eigenvalue weighted by Gasteiger charge is -2.55. The number of ketones is 1. The normalized spacial score (nSPS) is 38.1. The first-order valence-electron chi connectivity index (χ1n) is 4.40. The molecule has 0 radical (unpaired) electrons. The molecule has 0 aromatic heterocycles. The number of aliphatic hydroxyl groups excluding tert-OH is 1. The largest absolute Gasteiger partial charge is 0.504 e. The van der Waals surface area contributed by atoms with Crippen molar-refractivity contribution < 1.29 is 9.90 Å². The standard InChI is InChI=1S/C10H14O2/c1-5-6-4-7(10(6,2)3)9(12)8(5)11/h6-7,11H,4H2,1-3H3. The Morgan fingerprint density at radius 1 is 1.42 bits per heavy atom. The molecule has 1 fully saturated rings. The van der Waals surface area contributed by atoms with Gasteiger partial charge in [-0.3, -0.25) is 4.79 Å². The Bertz CT molecular complexity index is 286. The Morgan fingerprint density at radius 3 is 2.42 bits per heavy atom. The molecule has 0 aromatic carbocycles. The van der Waals surface area contributed by atoms with Gasteiger partial charge in [0, 0.05) is 5.92 Å². The van der Waals surface area contributed by atoms with Crippen molar-refractivity contribution in [3.63, 3.8) is 0 Å². The van der Waals surface area contributed by atoms with E-state index in [4.69, 9.17) is 0 Å². The van der Waals surface area contributed by atoms with Gasteiger partial charge < -0.3 is 5.11 Å². The van der Waals surface area contributed by atoms with E-state index in [-0.39, 0.29) is 22.9 Å². The van der Waals surface area contributed by atoms with Gasteiger partial charge >= 0.3 is 0 Å². The minimum atomic E-state index is -0.0417. The Morgan fingerprint density at radius 2 is 2.00 bits per heavy atom. The van der Waals surface area contributed by atoms with E-state index >= 15 is 0 Å². The van der Waals surface area contributed by atoms with Gasteiger partial charge in [-0.25, -0.2) is 0 Å². The minimum absolute atomic E-state index is 0.0376. The summed E-state index contributed by atoms with van der Waals surface area (Å²) >= 11 is 0. The molecule has 2 atom stereocenters. The van der Waals surface area contributed by atoms with Crippen molar-refractivity contribution in [2.75, 3.05) is 0 Å². The van der Waals surface area contributed by atoms with Crippen molar-refractivity contribution in [2.45, 2.75) is 27.2 Å². The average Bonchev–Trinajstić information content (AvgIpc) is 1.98. The second-order valence-corrected chi connectivity index (χ2v) is 4.56. The van der Waals surface area contributed by atoms with Crippen LogP contribution >= 0.6 is 0 Å². The van der Waals surface area contributed by atoms with E-state index in [1.54, 1.807) is 0 Å². The zero-order valence-corrected chi connectivity index (χ0v) is 7.72. The number of carbonyl (C=O) groups is 1. The summed E-state index contributed by atoms with van der Waals surface area (Å²) in [5.41, 5.74) is 0.987. The monoisotopic (exact) mass is 166 g/mol. The van der Waals surface area contributed by atoms with E-state index in [9.17, 15) is 9.90 Å². The highest BCUT2D eigenvalue weighted by molar-refractivity contribution is 5.98. The van der Waals surface area contributed by atoms with Crippen LogP contribution in [0.25, 0.3) is 0 Å². The highest BCUT2D eigenvalue weighted by Gasteiger charge is 2.57. The van der Waals surface area contributed by atoms with Crippen LogP contribution in [0.3, 0.4) is 0 Å². The summed E-state index contributed by atoms with van der Waals surface area (Å²) in [4.78, 5) is 11.5. The van der Waals surface area contributed by atoms with Crippen LogP contribution in [0.1, 0.15) is 27.2 Å². The van der Waals surface area contributed by atoms with Crippen LogP contribution in [0.4, 0.5) is 0 Å². The van der Waals surface area contributed by atoms with E-state index in [2.05, 4.69) is 13.8 Å². The van der Waals surface area contributed by atoms with Crippen LogP contribution < -0.4 is 0 Å². The predicted molar refractivity (Wildman–Crippen MR) is 45.7 cm³/mol. The number of carbonyl (C=O) groups excluding carboxylic acids is 1. The lowest BCUT2D eigenvalue weighted by molar-refractivity contribution is -0.139. The summed E-state index contributed by atoms with van der Waals surface area (Å²) in [7, 11) is 0. The molecule has 3 aliphatic rings. The SMILES string of the molecule is CC1=C(O)C(=O)C2CC1C2(C)C. The van der Waals surface area contributed by atoms with Crippen LogP contribution in [0.5, 0.6) is 0 Å². The molecule has 3 aliphatic carbocycles. The molecule has 2 bridgehead atoms. The molecule has 1 saturated carbocycles. The van der Waals surface area contributed by atoms with Crippen molar-refractivity contribution in [3.8, 4) is 0 Å². The second kappa shape index (κ2) is 1.93. The van der Waals surface area contributed by atoms with E-state index in [0.29, 0.717) is 5.92 Å². The van der Waals surface area contributed by atoms with Crippen molar-refractivity contribution in [1.29, 1.82) is 0 Å². The Labute approximate surface area is 72.3 Å². The Hall–Kier alpha value is -0.790. The fraction of sp³-hybridized carbons (Fsp3) is 0.700. The highest BCUT2D eigenvalue weighted by Crippen LogP contribution is 2.58. The number of fused-ring (bicyclic) bond motifs is 1. The summed E-state index contributed by atoms with van der Waals surface area (Å²) in [6.07, 6.45) is 0.946. The number of Topliss-reactive ketones (excluding diaryl/α,β-unsaturated/α-hetero) is 1. The van der Waals surface area contributed by atoms with E-state index in [1.807, 2.05) is 6.92 Å². The maximum Gasteiger partial charge on any atom is 0.200 e. The van der Waals surface area contributed by atoms with Gasteiger partial charge in [-0.2, -0.15) is 0 Å². The summed E-state index contributed by atoms with van der Waals surface area (Å²) in [5.74, 6) is 0.502. The van der Waals surface area contributed by atoms with Crippen molar-refractivity contribution in [3.05, 3.63) is 11.3 Å². The molecule has 0 aromatic rings. The molecule has 66 valence electrons. The number of hydrogen-bond acceptors (Lipinski definition) is 2. The molecular formula is C10H14O2. The van der Waals surface area contributed by atoms with Crippen LogP contribution in [0.15, 0.2) is 11.3 Å². The van der Waals surface area contributed by atoms with Gasteiger partial charge in [-0.15, -0.1) is 0 Å². The Kier molecular flexibility index (Phi) is 1.26. The maximum absolute atomic E-state index is 11.5. The van der Waals surface area contributed by atoms with Gasteiger partial charge in [-0.05, 0) is 30.3 Å².